The van der Waals surface area contributed by atoms with Crippen LogP contribution in [0, 0.1) is 5.92 Å². The Hall–Kier alpha value is -4.02. The third-order valence-electron chi connectivity index (χ3n) is 7.74. The van der Waals surface area contributed by atoms with Crippen LogP contribution in [0.2, 0.25) is 0 Å². The van der Waals surface area contributed by atoms with Crippen molar-refractivity contribution in [3.63, 3.8) is 0 Å². The average molecular weight is 619 g/mol. The molecule has 0 aromatic carbocycles. The quantitative estimate of drug-likeness (QED) is 0.119. The molecule has 3 aromatic rings. The first-order valence-electron chi connectivity index (χ1n) is 16.0. The van der Waals surface area contributed by atoms with Crippen LogP contribution in [0.25, 0.3) is 5.65 Å². The number of aromatic nitrogens is 4. The van der Waals surface area contributed by atoms with Gasteiger partial charge >= 0.3 is 0 Å². The zero-order chi connectivity index (χ0) is 33.1. The van der Waals surface area contributed by atoms with Crippen molar-refractivity contribution in [1.82, 2.24) is 40.2 Å². The number of fused-ring (bicyclic) bond motifs is 1. The number of carbonyl (C=O) groups is 1. The van der Waals surface area contributed by atoms with Crippen molar-refractivity contribution in [3.8, 4) is 0 Å². The number of nitrogens with one attached hydrogen (secondary N) is 2. The predicted molar refractivity (Wildman–Crippen MR) is 183 cm³/mol. The molecule has 0 saturated carbocycles. The van der Waals surface area contributed by atoms with Crippen molar-refractivity contribution < 1.29 is 9.21 Å². The molecule has 1 aliphatic rings. The molecule has 4 heterocycles. The highest BCUT2D eigenvalue weighted by molar-refractivity contribution is 5.45. The highest BCUT2D eigenvalue weighted by atomic mass is 16.3. The lowest BCUT2D eigenvalue weighted by atomic mass is 9.94. The monoisotopic (exact) mass is 618 g/mol. The Morgan fingerprint density at radius 2 is 2.04 bits per heavy atom. The van der Waals surface area contributed by atoms with Gasteiger partial charge in [0.2, 0.25) is 12.3 Å². The zero-order valence-electron chi connectivity index (χ0n) is 28.3. The molecule has 246 valence electrons. The topological polar surface area (TPSA) is 104 Å². The summed E-state index contributed by atoms with van der Waals surface area (Å²) in [5.74, 6) is 1.29. The van der Waals surface area contributed by atoms with Crippen molar-refractivity contribution in [2.24, 2.45) is 5.92 Å². The molecule has 3 unspecified atom stereocenters. The maximum absolute atomic E-state index is 9.29. The van der Waals surface area contributed by atoms with E-state index >= 15 is 0 Å². The Morgan fingerprint density at radius 1 is 1.24 bits per heavy atom. The van der Waals surface area contributed by atoms with Crippen LogP contribution in [0.15, 0.2) is 90.3 Å². The Balaban J connectivity index is 0.000000357. The largest absolute Gasteiger partial charge is 0.448 e. The van der Waals surface area contributed by atoms with E-state index in [-0.39, 0.29) is 5.54 Å². The van der Waals surface area contributed by atoms with Gasteiger partial charge in [-0.15, -0.1) is 6.58 Å². The molecule has 0 spiro atoms. The molecule has 10 nitrogen and oxygen atoms in total. The van der Waals surface area contributed by atoms with E-state index in [1.807, 2.05) is 31.5 Å². The zero-order valence-corrected chi connectivity index (χ0v) is 28.3. The van der Waals surface area contributed by atoms with Crippen LogP contribution < -0.4 is 10.7 Å². The molecule has 10 heteroatoms. The Kier molecular flexibility index (Phi) is 16.6. The first-order chi connectivity index (χ1) is 21.8. The molecule has 1 amide bonds. The van der Waals surface area contributed by atoms with E-state index in [4.69, 9.17) is 4.42 Å². The van der Waals surface area contributed by atoms with Gasteiger partial charge in [-0.3, -0.25) is 9.69 Å². The SMILES string of the molecule is C=CC(C=CC=C(C)C)(CC)N1C=CC(C(C)CCN(CC)Cc2ncco2)N1.CCNC=O.CCc1cnn2cccnc12. The third-order valence-corrected chi connectivity index (χ3v) is 7.74. The number of oxazole rings is 1. The molecule has 3 atom stereocenters. The Labute approximate surface area is 270 Å². The Bertz CT molecular complexity index is 1340. The van der Waals surface area contributed by atoms with Gasteiger partial charge in [-0.25, -0.2) is 19.9 Å². The summed E-state index contributed by atoms with van der Waals surface area (Å²) in [5, 5.41) is 8.78. The second kappa shape index (κ2) is 20.1. The molecule has 2 N–H and O–H groups in total. The standard InChI is InChI=1S/C24H38N4O.C8H9N3.C3H7NO/c1-7-24(8-2,14-10-11-20(4)5)28-17-13-22(26-28)21(6)12-16-27(9-3)19-23-25-15-18-29-23;1-2-7-6-10-11-5-3-4-9-8(7)11;1-2-4-3-5/h7,10-11,13-15,17-18,21-22,26H,1,8-9,12,16,19H2,2-6H3;3-6H,2H2,1H3;3H,2H2,1H3,(H,4,5). The number of allylic oxidation sites excluding steroid dienone is 3. The molecular formula is C35H54N8O2. The van der Waals surface area contributed by atoms with Gasteiger partial charge in [0.25, 0.3) is 0 Å². The summed E-state index contributed by atoms with van der Waals surface area (Å²) >= 11 is 0. The Morgan fingerprint density at radius 3 is 2.62 bits per heavy atom. The van der Waals surface area contributed by atoms with Crippen LogP contribution in [0.5, 0.6) is 0 Å². The van der Waals surface area contributed by atoms with E-state index in [1.165, 1.54) is 11.1 Å². The highest BCUT2D eigenvalue weighted by Crippen LogP contribution is 2.27. The van der Waals surface area contributed by atoms with Crippen LogP contribution in [0.4, 0.5) is 0 Å². The van der Waals surface area contributed by atoms with Crippen LogP contribution >= 0.6 is 0 Å². The van der Waals surface area contributed by atoms with Gasteiger partial charge in [0.05, 0.1) is 24.5 Å². The molecule has 0 fully saturated rings. The summed E-state index contributed by atoms with van der Waals surface area (Å²) in [6.07, 6.45) is 25.6. The average Bonchev–Trinajstić information content (AvgIpc) is 3.84. The van der Waals surface area contributed by atoms with E-state index in [2.05, 4.69) is 114 Å². The lowest BCUT2D eigenvalue weighted by Gasteiger charge is -2.38. The lowest BCUT2D eigenvalue weighted by Crippen LogP contribution is -2.51. The van der Waals surface area contributed by atoms with Gasteiger partial charge in [-0.2, -0.15) is 5.10 Å². The number of nitrogens with zero attached hydrogens (tertiary/aromatic N) is 6. The van der Waals surface area contributed by atoms with E-state index < -0.39 is 0 Å². The highest BCUT2D eigenvalue weighted by Gasteiger charge is 2.33. The van der Waals surface area contributed by atoms with Gasteiger partial charge in [-0.05, 0) is 71.2 Å². The number of hydrogen-bond donors (Lipinski definition) is 2. The summed E-state index contributed by atoms with van der Waals surface area (Å²) in [4.78, 5) is 20.1. The summed E-state index contributed by atoms with van der Waals surface area (Å²) in [6.45, 7) is 22.5. The number of aryl methyl sites for hydroxylation is 1. The maximum atomic E-state index is 9.29. The molecule has 3 aromatic heterocycles. The van der Waals surface area contributed by atoms with Gasteiger partial charge in [-0.1, -0.05) is 57.6 Å². The van der Waals surface area contributed by atoms with Gasteiger partial charge in [0.15, 0.2) is 5.65 Å². The first kappa shape index (κ1) is 37.2. The van der Waals surface area contributed by atoms with Crippen LogP contribution in [-0.2, 0) is 17.8 Å². The van der Waals surface area contributed by atoms with Gasteiger partial charge in [0, 0.05) is 36.7 Å². The van der Waals surface area contributed by atoms with Gasteiger partial charge in [0.1, 0.15) is 6.26 Å². The maximum Gasteiger partial charge on any atom is 0.208 e. The van der Waals surface area contributed by atoms with Crippen molar-refractivity contribution in [1.29, 1.82) is 0 Å². The third kappa shape index (κ3) is 11.8. The minimum Gasteiger partial charge on any atom is -0.448 e. The summed E-state index contributed by atoms with van der Waals surface area (Å²) < 4.78 is 7.18. The fourth-order valence-corrected chi connectivity index (χ4v) is 4.73. The summed E-state index contributed by atoms with van der Waals surface area (Å²) in [6, 6.07) is 2.19. The van der Waals surface area contributed by atoms with Crippen molar-refractivity contribution >= 4 is 12.1 Å². The first-order valence-corrected chi connectivity index (χ1v) is 16.0. The molecule has 0 bridgehead atoms. The van der Waals surface area contributed by atoms with E-state index in [9.17, 15) is 4.79 Å². The smallest absolute Gasteiger partial charge is 0.208 e. The number of rotatable bonds is 15. The molecule has 1 aliphatic heterocycles. The second-order valence-electron chi connectivity index (χ2n) is 11.2. The predicted octanol–water partition coefficient (Wildman–Crippen LogP) is 6.13. The summed E-state index contributed by atoms with van der Waals surface area (Å²) in [5.41, 5.74) is 6.92. The van der Waals surface area contributed by atoms with E-state index in [1.54, 1.807) is 23.2 Å². The molecule has 0 aliphatic carbocycles. The second-order valence-corrected chi connectivity index (χ2v) is 11.2. The number of carbonyl (C=O) groups excluding carboxylic acids is 1. The van der Waals surface area contributed by atoms with Crippen molar-refractivity contribution in [2.75, 3.05) is 19.6 Å². The van der Waals surface area contributed by atoms with Crippen molar-refractivity contribution in [3.05, 3.63) is 97.3 Å². The number of hydrazine groups is 1. The molecular weight excluding hydrogens is 564 g/mol. The molecule has 0 radical (unpaired) electrons. The fraction of sp³-hybridized carbons (Fsp3) is 0.486. The molecule has 45 heavy (non-hydrogen) atoms. The van der Waals surface area contributed by atoms with Crippen LogP contribution in [0.1, 0.15) is 72.8 Å². The number of amides is 1. The van der Waals surface area contributed by atoms with Gasteiger partial charge < -0.3 is 14.7 Å². The molecule has 0 saturated heterocycles. The fourth-order valence-electron chi connectivity index (χ4n) is 4.73. The minimum atomic E-state index is -0.225. The number of hydrogen-bond acceptors (Lipinski definition) is 8. The van der Waals surface area contributed by atoms with Crippen LogP contribution in [0.3, 0.4) is 0 Å². The molecule has 4 rings (SSSR count). The van der Waals surface area contributed by atoms with Crippen molar-refractivity contribution in [2.45, 2.75) is 85.9 Å². The normalized spacial score (nSPS) is 16.0. The van der Waals surface area contributed by atoms with Crippen LogP contribution in [-0.4, -0.2) is 67.1 Å². The van der Waals surface area contributed by atoms with E-state index in [0.717, 1.165) is 57.0 Å². The summed E-state index contributed by atoms with van der Waals surface area (Å²) in [7, 11) is 0. The van der Waals surface area contributed by atoms with E-state index in [0.29, 0.717) is 18.4 Å². The minimum absolute atomic E-state index is 0.225. The lowest BCUT2D eigenvalue weighted by molar-refractivity contribution is -0.109.